The van der Waals surface area contributed by atoms with E-state index in [1.807, 2.05) is 6.92 Å². The van der Waals surface area contributed by atoms with Crippen LogP contribution in [0.4, 0.5) is 0 Å². The molecule has 0 saturated heterocycles. The van der Waals surface area contributed by atoms with Gasteiger partial charge in [-0.2, -0.15) is 0 Å². The van der Waals surface area contributed by atoms with Gasteiger partial charge in [-0.05, 0) is 13.0 Å². The zero-order valence-corrected chi connectivity index (χ0v) is 10.5. The van der Waals surface area contributed by atoms with Crippen molar-refractivity contribution in [3.8, 4) is 5.75 Å². The van der Waals surface area contributed by atoms with E-state index in [1.165, 1.54) is 0 Å². The lowest BCUT2D eigenvalue weighted by molar-refractivity contribution is 0.0976. The molecule has 0 atom stereocenters. The maximum absolute atomic E-state index is 12.5. The molecular weight excluding hydrogens is 240 g/mol. The van der Waals surface area contributed by atoms with Crippen molar-refractivity contribution in [3.63, 3.8) is 0 Å². The largest absolute Gasteiger partial charge is 0.493 e. The van der Waals surface area contributed by atoms with Crippen LogP contribution in [-0.4, -0.2) is 18.2 Å². The molecule has 2 aromatic rings. The summed E-state index contributed by atoms with van der Waals surface area (Å²) in [6, 6.07) is 12.0. The van der Waals surface area contributed by atoms with Crippen LogP contribution in [0.2, 0.25) is 0 Å². The van der Waals surface area contributed by atoms with E-state index in [4.69, 9.17) is 4.74 Å². The fourth-order valence-electron chi connectivity index (χ4n) is 2.39. The van der Waals surface area contributed by atoms with E-state index in [2.05, 4.69) is 0 Å². The second kappa shape index (κ2) is 4.35. The smallest absolute Gasteiger partial charge is 0.198 e. The molecule has 0 fully saturated rings. The minimum Gasteiger partial charge on any atom is -0.493 e. The van der Waals surface area contributed by atoms with Gasteiger partial charge in [0.05, 0.1) is 12.2 Å². The lowest BCUT2D eigenvalue weighted by atomic mass is 9.84. The molecule has 0 N–H and O–H groups in total. The van der Waals surface area contributed by atoms with Crippen LogP contribution in [0, 0.1) is 0 Å². The van der Waals surface area contributed by atoms with E-state index < -0.39 is 0 Å². The highest BCUT2D eigenvalue weighted by Gasteiger charge is 2.31. The van der Waals surface area contributed by atoms with Crippen LogP contribution in [0.5, 0.6) is 5.75 Å². The molecule has 0 saturated carbocycles. The number of carbonyl (C=O) groups is 2. The molecule has 0 heterocycles. The molecule has 19 heavy (non-hydrogen) atoms. The van der Waals surface area contributed by atoms with Gasteiger partial charge in [0.15, 0.2) is 11.6 Å². The summed E-state index contributed by atoms with van der Waals surface area (Å²) in [6.07, 6.45) is 0. The summed E-state index contributed by atoms with van der Waals surface area (Å²) >= 11 is 0. The molecule has 3 rings (SSSR count). The monoisotopic (exact) mass is 252 g/mol. The zero-order valence-electron chi connectivity index (χ0n) is 10.5. The number of ether oxygens (including phenoxy) is 1. The molecule has 0 amide bonds. The maximum atomic E-state index is 12.5. The second-order valence-electron chi connectivity index (χ2n) is 4.32. The van der Waals surface area contributed by atoms with Crippen LogP contribution in [0.1, 0.15) is 38.8 Å². The fraction of sp³-hybridized carbons (Fsp3) is 0.125. The third kappa shape index (κ3) is 1.66. The highest BCUT2D eigenvalue weighted by Crippen LogP contribution is 2.32. The van der Waals surface area contributed by atoms with E-state index >= 15 is 0 Å². The van der Waals surface area contributed by atoms with Crippen molar-refractivity contribution in [1.82, 2.24) is 0 Å². The molecule has 0 aliphatic heterocycles. The minimum absolute atomic E-state index is 0.119. The van der Waals surface area contributed by atoms with Crippen LogP contribution < -0.4 is 4.74 Å². The van der Waals surface area contributed by atoms with Crippen LogP contribution in [0.25, 0.3) is 0 Å². The van der Waals surface area contributed by atoms with Crippen LogP contribution >= 0.6 is 0 Å². The first-order valence-electron chi connectivity index (χ1n) is 6.18. The van der Waals surface area contributed by atoms with Gasteiger partial charge in [-0.25, -0.2) is 0 Å². The summed E-state index contributed by atoms with van der Waals surface area (Å²) in [5.74, 6) is 0.217. The first kappa shape index (κ1) is 11.7. The van der Waals surface area contributed by atoms with Gasteiger partial charge < -0.3 is 4.74 Å². The summed E-state index contributed by atoms with van der Waals surface area (Å²) < 4.78 is 5.46. The van der Waals surface area contributed by atoms with E-state index in [1.54, 1.807) is 42.5 Å². The van der Waals surface area contributed by atoms with Crippen LogP contribution in [0.3, 0.4) is 0 Å². The van der Waals surface area contributed by atoms with Gasteiger partial charge in [-0.15, -0.1) is 0 Å². The SMILES string of the molecule is CCOc1cccc2c1C(=O)c1ccccc1C2=O. The number of rotatable bonds is 2. The number of benzene rings is 2. The Kier molecular flexibility index (Phi) is 2.67. The van der Waals surface area contributed by atoms with Gasteiger partial charge in [0, 0.05) is 16.7 Å². The Morgan fingerprint density at radius 1 is 0.842 bits per heavy atom. The van der Waals surface area contributed by atoms with E-state index in [-0.39, 0.29) is 11.6 Å². The number of hydrogen-bond donors (Lipinski definition) is 0. The van der Waals surface area contributed by atoms with E-state index in [0.717, 1.165) is 0 Å². The Morgan fingerprint density at radius 3 is 2.16 bits per heavy atom. The zero-order chi connectivity index (χ0) is 13.4. The highest BCUT2D eigenvalue weighted by atomic mass is 16.5. The summed E-state index contributed by atoms with van der Waals surface area (Å²) in [4.78, 5) is 24.9. The quantitative estimate of drug-likeness (QED) is 0.704. The Balaban J connectivity index is 2.27. The molecule has 1 aliphatic carbocycles. The van der Waals surface area contributed by atoms with E-state index in [9.17, 15) is 9.59 Å². The van der Waals surface area contributed by atoms with Crippen molar-refractivity contribution in [1.29, 1.82) is 0 Å². The average Bonchev–Trinajstić information content (AvgIpc) is 2.45. The molecule has 0 spiro atoms. The molecule has 3 heteroatoms. The van der Waals surface area contributed by atoms with Crippen molar-refractivity contribution < 1.29 is 14.3 Å². The molecular formula is C16H12O3. The number of ketones is 2. The summed E-state index contributed by atoms with van der Waals surface area (Å²) in [5, 5.41) is 0. The molecule has 0 aromatic heterocycles. The third-order valence-corrected chi connectivity index (χ3v) is 3.21. The molecule has 0 unspecified atom stereocenters. The van der Waals surface area contributed by atoms with E-state index in [0.29, 0.717) is 34.6 Å². The topological polar surface area (TPSA) is 43.4 Å². The van der Waals surface area contributed by atoms with Gasteiger partial charge in [-0.3, -0.25) is 9.59 Å². The van der Waals surface area contributed by atoms with Crippen LogP contribution in [-0.2, 0) is 0 Å². The van der Waals surface area contributed by atoms with Crippen molar-refractivity contribution in [3.05, 3.63) is 64.7 Å². The number of hydrogen-bond acceptors (Lipinski definition) is 3. The predicted molar refractivity (Wildman–Crippen MR) is 70.9 cm³/mol. The molecule has 2 aromatic carbocycles. The fourth-order valence-corrected chi connectivity index (χ4v) is 2.39. The van der Waals surface area contributed by atoms with Crippen molar-refractivity contribution in [2.75, 3.05) is 6.61 Å². The lowest BCUT2D eigenvalue weighted by Crippen LogP contribution is -2.21. The minimum atomic E-state index is -0.144. The highest BCUT2D eigenvalue weighted by molar-refractivity contribution is 6.29. The molecule has 0 bridgehead atoms. The van der Waals surface area contributed by atoms with Crippen molar-refractivity contribution in [2.24, 2.45) is 0 Å². The average molecular weight is 252 g/mol. The number of carbonyl (C=O) groups excluding carboxylic acids is 2. The maximum Gasteiger partial charge on any atom is 0.198 e. The van der Waals surface area contributed by atoms with Crippen molar-refractivity contribution in [2.45, 2.75) is 6.92 Å². The Bertz CT molecular complexity index is 686. The lowest BCUT2D eigenvalue weighted by Gasteiger charge is -2.19. The van der Waals surface area contributed by atoms with Gasteiger partial charge in [-0.1, -0.05) is 36.4 Å². The molecule has 1 aliphatic rings. The summed E-state index contributed by atoms with van der Waals surface area (Å²) in [7, 11) is 0. The third-order valence-electron chi connectivity index (χ3n) is 3.21. The Hall–Kier alpha value is -2.42. The molecule has 3 nitrogen and oxygen atoms in total. The summed E-state index contributed by atoms with van der Waals surface area (Å²) in [5.41, 5.74) is 1.73. The van der Waals surface area contributed by atoms with Crippen molar-refractivity contribution >= 4 is 11.6 Å². The second-order valence-corrected chi connectivity index (χ2v) is 4.32. The first-order valence-corrected chi connectivity index (χ1v) is 6.18. The van der Waals surface area contributed by atoms with Gasteiger partial charge in [0.2, 0.25) is 0 Å². The van der Waals surface area contributed by atoms with Gasteiger partial charge in [0.1, 0.15) is 5.75 Å². The Morgan fingerprint density at radius 2 is 1.47 bits per heavy atom. The first-order chi connectivity index (χ1) is 9.24. The number of fused-ring (bicyclic) bond motifs is 2. The van der Waals surface area contributed by atoms with Gasteiger partial charge in [0.25, 0.3) is 0 Å². The summed E-state index contributed by atoms with van der Waals surface area (Å²) in [6.45, 7) is 2.31. The molecule has 0 radical (unpaired) electrons. The normalized spacial score (nSPS) is 12.9. The predicted octanol–water partition coefficient (Wildman–Crippen LogP) is 2.86. The Labute approximate surface area is 110 Å². The van der Waals surface area contributed by atoms with Gasteiger partial charge >= 0.3 is 0 Å². The standard InChI is InChI=1S/C16H12O3/c1-2-19-13-9-5-8-12-14(13)16(18)11-7-4-3-6-10(11)15(12)17/h3-9H,2H2,1H3. The van der Waals surface area contributed by atoms with Crippen LogP contribution in [0.15, 0.2) is 42.5 Å². The molecule has 94 valence electrons.